The second-order valence-corrected chi connectivity index (χ2v) is 6.38. The van der Waals surface area contributed by atoms with Gasteiger partial charge in [0.15, 0.2) is 0 Å². The van der Waals surface area contributed by atoms with Crippen LogP contribution in [0.15, 0.2) is 53.4 Å². The maximum absolute atomic E-state index is 6.07. The van der Waals surface area contributed by atoms with Crippen molar-refractivity contribution in [2.75, 3.05) is 0 Å². The van der Waals surface area contributed by atoms with E-state index in [0.717, 1.165) is 17.0 Å². The molecule has 2 aromatic rings. The van der Waals surface area contributed by atoms with Crippen LogP contribution in [0.5, 0.6) is 0 Å². The van der Waals surface area contributed by atoms with Gasteiger partial charge in [0.05, 0.1) is 6.04 Å². The van der Waals surface area contributed by atoms with Crippen molar-refractivity contribution in [3.8, 4) is 0 Å². The first-order valence-corrected chi connectivity index (χ1v) is 7.50. The lowest BCUT2D eigenvalue weighted by molar-refractivity contribution is 0.533. The predicted octanol–water partition coefficient (Wildman–Crippen LogP) is 3.56. The molecular weight excluding hydrogens is 276 g/mol. The number of rotatable bonds is 3. The fourth-order valence-corrected chi connectivity index (χ4v) is 4.13. The Kier molecular flexibility index (Phi) is 3.80. The molecule has 1 heterocycles. The van der Waals surface area contributed by atoms with Crippen LogP contribution in [-0.4, -0.2) is 5.25 Å². The van der Waals surface area contributed by atoms with E-state index in [1.54, 1.807) is 0 Å². The fourth-order valence-electron chi connectivity index (χ4n) is 2.51. The van der Waals surface area contributed by atoms with Crippen molar-refractivity contribution in [1.29, 1.82) is 0 Å². The van der Waals surface area contributed by atoms with Crippen LogP contribution in [0.4, 0.5) is 0 Å². The van der Waals surface area contributed by atoms with Crippen molar-refractivity contribution in [2.45, 2.75) is 22.6 Å². The van der Waals surface area contributed by atoms with Gasteiger partial charge in [-0.25, -0.2) is 0 Å². The molecule has 0 saturated carbocycles. The van der Waals surface area contributed by atoms with Crippen LogP contribution >= 0.6 is 23.4 Å². The molecule has 0 saturated heterocycles. The number of benzene rings is 2. The number of fused-ring (bicyclic) bond motifs is 1. The van der Waals surface area contributed by atoms with Gasteiger partial charge in [0, 0.05) is 15.2 Å². The molecule has 3 rings (SSSR count). The molecule has 0 spiro atoms. The van der Waals surface area contributed by atoms with Crippen LogP contribution in [0.1, 0.15) is 17.2 Å². The van der Waals surface area contributed by atoms with Gasteiger partial charge >= 0.3 is 0 Å². The summed E-state index contributed by atoms with van der Waals surface area (Å²) in [5.74, 6) is 5.76. The van der Waals surface area contributed by atoms with Crippen molar-refractivity contribution in [3.05, 3.63) is 64.7 Å². The predicted molar refractivity (Wildman–Crippen MR) is 81.3 cm³/mol. The number of thioether (sulfide) groups is 1. The van der Waals surface area contributed by atoms with Crippen LogP contribution in [-0.2, 0) is 6.42 Å². The summed E-state index contributed by atoms with van der Waals surface area (Å²) in [6, 6.07) is 16.5. The minimum atomic E-state index is 0.107. The first-order chi connectivity index (χ1) is 9.28. The van der Waals surface area contributed by atoms with Crippen LogP contribution < -0.4 is 11.3 Å². The van der Waals surface area contributed by atoms with Crippen molar-refractivity contribution in [3.63, 3.8) is 0 Å². The summed E-state index contributed by atoms with van der Waals surface area (Å²) >= 11 is 7.95. The molecule has 0 aromatic heterocycles. The highest BCUT2D eigenvalue weighted by Crippen LogP contribution is 2.42. The highest BCUT2D eigenvalue weighted by Gasteiger charge is 2.29. The number of hydrogen-bond acceptors (Lipinski definition) is 3. The Morgan fingerprint density at radius 1 is 1.21 bits per heavy atom. The topological polar surface area (TPSA) is 38.0 Å². The van der Waals surface area contributed by atoms with Crippen LogP contribution in [0.3, 0.4) is 0 Å². The Labute approximate surface area is 122 Å². The second-order valence-electron chi connectivity index (χ2n) is 4.67. The van der Waals surface area contributed by atoms with Gasteiger partial charge in [-0.2, -0.15) is 0 Å². The number of halogens is 1. The maximum atomic E-state index is 6.07. The normalized spacial score (nSPS) is 19.2. The van der Waals surface area contributed by atoms with Gasteiger partial charge in [-0.1, -0.05) is 41.9 Å². The summed E-state index contributed by atoms with van der Waals surface area (Å²) in [5, 5.41) is 1.15. The molecule has 1 aliphatic rings. The Morgan fingerprint density at radius 2 is 2.05 bits per heavy atom. The van der Waals surface area contributed by atoms with Crippen LogP contribution in [0, 0.1) is 0 Å². The molecule has 0 radical (unpaired) electrons. The van der Waals surface area contributed by atoms with Crippen molar-refractivity contribution in [2.24, 2.45) is 5.84 Å². The van der Waals surface area contributed by atoms with Gasteiger partial charge in [0.2, 0.25) is 0 Å². The average Bonchev–Trinajstić information content (AvgIpc) is 2.83. The standard InChI is InChI=1S/C15H15ClN2S/c16-12-6-3-5-11(8-12)15(18-17)14-9-10-4-1-2-7-13(10)19-14/h1-8,14-15,18H,9,17H2. The summed E-state index contributed by atoms with van der Waals surface area (Å²) in [5.41, 5.74) is 5.48. The highest BCUT2D eigenvalue weighted by atomic mass is 35.5. The van der Waals surface area contributed by atoms with E-state index in [1.807, 2.05) is 30.0 Å². The summed E-state index contributed by atoms with van der Waals surface area (Å²) in [6.07, 6.45) is 1.03. The van der Waals surface area contributed by atoms with Gasteiger partial charge in [-0.3, -0.25) is 11.3 Å². The zero-order valence-electron chi connectivity index (χ0n) is 10.3. The SMILES string of the molecule is NNC(c1cccc(Cl)c1)C1Cc2ccccc2S1. The molecular formula is C15H15ClN2S. The number of nitrogens with two attached hydrogens (primary N) is 1. The zero-order valence-corrected chi connectivity index (χ0v) is 11.9. The Bertz CT molecular complexity index is 563. The van der Waals surface area contributed by atoms with E-state index in [-0.39, 0.29) is 6.04 Å². The van der Waals surface area contributed by atoms with Crippen molar-refractivity contribution >= 4 is 23.4 Å². The molecule has 2 nitrogen and oxygen atoms in total. The third kappa shape index (κ3) is 2.65. The lowest BCUT2D eigenvalue weighted by atomic mass is 9.99. The Morgan fingerprint density at radius 3 is 2.79 bits per heavy atom. The number of nitrogens with one attached hydrogen (secondary N) is 1. The fraction of sp³-hybridized carbons (Fsp3) is 0.200. The van der Waals surface area contributed by atoms with E-state index in [0.29, 0.717) is 5.25 Å². The third-order valence-electron chi connectivity index (χ3n) is 3.43. The number of hydrazine groups is 1. The summed E-state index contributed by atoms with van der Waals surface area (Å²) in [4.78, 5) is 1.36. The van der Waals surface area contributed by atoms with Crippen LogP contribution in [0.25, 0.3) is 0 Å². The van der Waals surface area contributed by atoms with E-state index in [1.165, 1.54) is 10.5 Å². The molecule has 98 valence electrons. The first kappa shape index (κ1) is 13.0. The van der Waals surface area contributed by atoms with E-state index in [2.05, 4.69) is 35.8 Å². The molecule has 4 heteroatoms. The van der Waals surface area contributed by atoms with Gasteiger partial charge in [-0.05, 0) is 35.7 Å². The first-order valence-electron chi connectivity index (χ1n) is 6.24. The second kappa shape index (κ2) is 5.55. The molecule has 19 heavy (non-hydrogen) atoms. The summed E-state index contributed by atoms with van der Waals surface area (Å²) in [7, 11) is 0. The molecule has 0 aliphatic carbocycles. The molecule has 2 atom stereocenters. The average molecular weight is 291 g/mol. The van der Waals surface area contributed by atoms with Crippen molar-refractivity contribution in [1.82, 2.24) is 5.43 Å². The quantitative estimate of drug-likeness (QED) is 0.670. The molecule has 0 amide bonds. The highest BCUT2D eigenvalue weighted by molar-refractivity contribution is 8.00. The van der Waals surface area contributed by atoms with E-state index in [9.17, 15) is 0 Å². The van der Waals surface area contributed by atoms with Gasteiger partial charge in [0.1, 0.15) is 0 Å². The summed E-state index contributed by atoms with van der Waals surface area (Å²) < 4.78 is 0. The third-order valence-corrected chi connectivity index (χ3v) is 5.06. The van der Waals surface area contributed by atoms with Gasteiger partial charge in [0.25, 0.3) is 0 Å². The van der Waals surface area contributed by atoms with Gasteiger partial charge in [-0.15, -0.1) is 11.8 Å². The Hall–Kier alpha value is -1.00. The minimum absolute atomic E-state index is 0.107. The van der Waals surface area contributed by atoms with E-state index < -0.39 is 0 Å². The molecule has 2 unspecified atom stereocenters. The van der Waals surface area contributed by atoms with Crippen LogP contribution in [0.2, 0.25) is 5.02 Å². The van der Waals surface area contributed by atoms with E-state index in [4.69, 9.17) is 17.4 Å². The largest absolute Gasteiger partial charge is 0.271 e. The molecule has 0 fully saturated rings. The lowest BCUT2D eigenvalue weighted by Crippen LogP contribution is -2.35. The maximum Gasteiger partial charge on any atom is 0.0585 e. The molecule has 0 bridgehead atoms. The lowest BCUT2D eigenvalue weighted by Gasteiger charge is -2.22. The number of hydrogen-bond donors (Lipinski definition) is 2. The van der Waals surface area contributed by atoms with Crippen molar-refractivity contribution < 1.29 is 0 Å². The molecule has 1 aliphatic heterocycles. The smallest absolute Gasteiger partial charge is 0.0585 e. The summed E-state index contributed by atoms with van der Waals surface area (Å²) in [6.45, 7) is 0. The zero-order chi connectivity index (χ0) is 13.2. The Balaban J connectivity index is 1.86. The molecule has 3 N–H and O–H groups in total. The van der Waals surface area contributed by atoms with Gasteiger partial charge < -0.3 is 0 Å². The molecule has 2 aromatic carbocycles. The van der Waals surface area contributed by atoms with E-state index >= 15 is 0 Å². The minimum Gasteiger partial charge on any atom is -0.271 e. The monoisotopic (exact) mass is 290 g/mol.